The Hall–Kier alpha value is -4.73. The molecular formula is C30H33N3O7. The number of benzene rings is 3. The van der Waals surface area contributed by atoms with Gasteiger partial charge in [0, 0.05) is 12.2 Å². The number of urea groups is 1. The van der Waals surface area contributed by atoms with E-state index in [1.54, 1.807) is 76.4 Å². The SMILES string of the molecule is COc1ccc(NC(=O)N[C@H]2CN(C(=O)OC(C)(C)C)C[C@@H]2OC(=O)c2ccc(Oc3ccccc3)cc2)cc1. The molecule has 3 aromatic rings. The van der Waals surface area contributed by atoms with Crippen LogP contribution in [0.5, 0.6) is 17.2 Å². The third-order valence-electron chi connectivity index (χ3n) is 5.91. The number of ether oxygens (including phenoxy) is 4. The Morgan fingerprint density at radius 3 is 2.08 bits per heavy atom. The quantitative estimate of drug-likeness (QED) is 0.378. The van der Waals surface area contributed by atoms with Crippen LogP contribution in [0.25, 0.3) is 0 Å². The van der Waals surface area contributed by atoms with Gasteiger partial charge in [-0.3, -0.25) is 0 Å². The largest absolute Gasteiger partial charge is 0.497 e. The van der Waals surface area contributed by atoms with Crippen molar-refractivity contribution < 1.29 is 33.3 Å². The fourth-order valence-electron chi connectivity index (χ4n) is 4.01. The van der Waals surface area contributed by atoms with Crippen molar-refractivity contribution in [3.05, 3.63) is 84.4 Å². The minimum Gasteiger partial charge on any atom is -0.497 e. The molecule has 210 valence electrons. The summed E-state index contributed by atoms with van der Waals surface area (Å²) in [6, 6.07) is 21.5. The van der Waals surface area contributed by atoms with Crippen molar-refractivity contribution >= 4 is 23.8 Å². The monoisotopic (exact) mass is 547 g/mol. The second-order valence-electron chi connectivity index (χ2n) is 10.2. The van der Waals surface area contributed by atoms with Crippen molar-refractivity contribution in [3.63, 3.8) is 0 Å². The summed E-state index contributed by atoms with van der Waals surface area (Å²) in [7, 11) is 1.56. The average molecular weight is 548 g/mol. The Morgan fingerprint density at radius 2 is 1.45 bits per heavy atom. The highest BCUT2D eigenvalue weighted by Gasteiger charge is 2.40. The summed E-state index contributed by atoms with van der Waals surface area (Å²) in [6.07, 6.45) is -1.36. The predicted octanol–water partition coefficient (Wildman–Crippen LogP) is 5.45. The first-order chi connectivity index (χ1) is 19.1. The zero-order chi connectivity index (χ0) is 28.7. The van der Waals surface area contributed by atoms with Crippen molar-refractivity contribution in [1.82, 2.24) is 10.2 Å². The number of anilines is 1. The number of nitrogens with zero attached hydrogens (tertiary/aromatic N) is 1. The molecule has 40 heavy (non-hydrogen) atoms. The molecule has 0 spiro atoms. The molecule has 1 aliphatic rings. The van der Waals surface area contributed by atoms with Crippen molar-refractivity contribution in [3.8, 4) is 17.2 Å². The number of amides is 3. The van der Waals surface area contributed by atoms with E-state index in [1.165, 1.54) is 4.90 Å². The minimum atomic E-state index is -0.804. The smallest absolute Gasteiger partial charge is 0.410 e. The Morgan fingerprint density at radius 1 is 0.825 bits per heavy atom. The molecule has 3 amide bonds. The zero-order valence-electron chi connectivity index (χ0n) is 22.9. The Bertz CT molecular complexity index is 1310. The molecule has 10 heteroatoms. The van der Waals surface area contributed by atoms with E-state index in [2.05, 4.69) is 10.6 Å². The van der Waals surface area contributed by atoms with Gasteiger partial charge in [-0.15, -0.1) is 0 Å². The van der Waals surface area contributed by atoms with E-state index < -0.39 is 35.8 Å². The average Bonchev–Trinajstić information content (AvgIpc) is 3.31. The summed E-state index contributed by atoms with van der Waals surface area (Å²) in [6.45, 7) is 5.46. The van der Waals surface area contributed by atoms with E-state index in [1.807, 2.05) is 30.3 Å². The third-order valence-corrected chi connectivity index (χ3v) is 5.91. The molecule has 2 atom stereocenters. The summed E-state index contributed by atoms with van der Waals surface area (Å²) in [5.74, 6) is 1.30. The van der Waals surface area contributed by atoms with Gasteiger partial charge in [0.2, 0.25) is 0 Å². The molecule has 1 heterocycles. The minimum absolute atomic E-state index is 0.0589. The van der Waals surface area contributed by atoms with E-state index in [0.717, 1.165) is 0 Å². The summed E-state index contributed by atoms with van der Waals surface area (Å²) < 4.78 is 22.2. The van der Waals surface area contributed by atoms with Crippen LogP contribution in [0.4, 0.5) is 15.3 Å². The van der Waals surface area contributed by atoms with Gasteiger partial charge in [-0.2, -0.15) is 0 Å². The molecule has 1 aliphatic heterocycles. The lowest BCUT2D eigenvalue weighted by Gasteiger charge is -2.24. The van der Waals surface area contributed by atoms with Gasteiger partial charge in [-0.25, -0.2) is 14.4 Å². The van der Waals surface area contributed by atoms with E-state index in [4.69, 9.17) is 18.9 Å². The highest BCUT2D eigenvalue weighted by atomic mass is 16.6. The van der Waals surface area contributed by atoms with E-state index in [0.29, 0.717) is 28.5 Å². The predicted molar refractivity (Wildman–Crippen MR) is 149 cm³/mol. The van der Waals surface area contributed by atoms with Crippen LogP contribution in [0, 0.1) is 0 Å². The summed E-state index contributed by atoms with van der Waals surface area (Å²) >= 11 is 0. The van der Waals surface area contributed by atoms with Crippen molar-refractivity contribution in [2.75, 3.05) is 25.5 Å². The highest BCUT2D eigenvalue weighted by Crippen LogP contribution is 2.23. The molecule has 0 aromatic heterocycles. The fraction of sp³-hybridized carbons (Fsp3) is 0.300. The molecule has 0 aliphatic carbocycles. The number of hydrogen-bond donors (Lipinski definition) is 2. The van der Waals surface area contributed by atoms with Crippen LogP contribution in [-0.4, -0.2) is 60.9 Å². The topological polar surface area (TPSA) is 115 Å². The van der Waals surface area contributed by atoms with Gasteiger partial charge in [0.15, 0.2) is 0 Å². The van der Waals surface area contributed by atoms with E-state index in [-0.39, 0.29) is 13.1 Å². The van der Waals surface area contributed by atoms with Crippen molar-refractivity contribution in [2.45, 2.75) is 38.5 Å². The van der Waals surface area contributed by atoms with Crippen LogP contribution >= 0.6 is 0 Å². The Balaban J connectivity index is 1.42. The number of likely N-dealkylation sites (tertiary alicyclic amines) is 1. The van der Waals surface area contributed by atoms with Crippen LogP contribution in [-0.2, 0) is 9.47 Å². The molecule has 0 radical (unpaired) electrons. The maximum Gasteiger partial charge on any atom is 0.410 e. The zero-order valence-corrected chi connectivity index (χ0v) is 22.9. The Kier molecular flexibility index (Phi) is 8.78. The Labute approximate surface area is 233 Å². The lowest BCUT2D eigenvalue weighted by Crippen LogP contribution is -2.46. The maximum atomic E-state index is 13.0. The van der Waals surface area contributed by atoms with Gasteiger partial charge in [-0.05, 0) is 81.4 Å². The number of carbonyl (C=O) groups is 3. The van der Waals surface area contributed by atoms with Crippen molar-refractivity contribution in [2.24, 2.45) is 0 Å². The number of rotatable bonds is 7. The number of esters is 1. The fourth-order valence-corrected chi connectivity index (χ4v) is 4.01. The molecule has 1 fully saturated rings. The van der Waals surface area contributed by atoms with Gasteiger partial charge in [-0.1, -0.05) is 18.2 Å². The third kappa shape index (κ3) is 7.89. The van der Waals surface area contributed by atoms with Crippen LogP contribution < -0.4 is 20.1 Å². The molecule has 1 saturated heterocycles. The van der Waals surface area contributed by atoms with Gasteiger partial charge in [0.25, 0.3) is 0 Å². The summed E-state index contributed by atoms with van der Waals surface area (Å²) in [4.78, 5) is 40.0. The molecule has 0 unspecified atom stereocenters. The number of nitrogens with one attached hydrogen (secondary N) is 2. The van der Waals surface area contributed by atoms with Crippen LogP contribution in [0.15, 0.2) is 78.9 Å². The number of carbonyl (C=O) groups excluding carboxylic acids is 3. The first-order valence-electron chi connectivity index (χ1n) is 12.8. The number of hydrogen-bond acceptors (Lipinski definition) is 7. The molecular weight excluding hydrogens is 514 g/mol. The van der Waals surface area contributed by atoms with Gasteiger partial charge in [0.1, 0.15) is 29.0 Å². The standard InChI is InChI=1S/C30H33N3O7/c1-30(2,3)40-29(36)33-18-25(32-28(35)31-21-12-16-22(37-4)17-13-21)26(19-33)39-27(34)20-10-14-24(15-11-20)38-23-8-6-5-7-9-23/h5-17,25-26H,18-19H2,1-4H3,(H2,31,32,35)/t25-,26-/m0/s1. The van der Waals surface area contributed by atoms with Crippen LogP contribution in [0.2, 0.25) is 0 Å². The lowest BCUT2D eigenvalue weighted by molar-refractivity contribution is 0.0180. The molecule has 0 bridgehead atoms. The lowest BCUT2D eigenvalue weighted by atomic mass is 10.2. The van der Waals surface area contributed by atoms with E-state index >= 15 is 0 Å². The van der Waals surface area contributed by atoms with Crippen LogP contribution in [0.1, 0.15) is 31.1 Å². The van der Waals surface area contributed by atoms with E-state index in [9.17, 15) is 14.4 Å². The summed E-state index contributed by atoms with van der Waals surface area (Å²) in [5.41, 5.74) is 0.147. The maximum absolute atomic E-state index is 13.0. The molecule has 3 aromatic carbocycles. The second-order valence-corrected chi connectivity index (χ2v) is 10.2. The molecule has 0 saturated carbocycles. The normalized spacial score (nSPS) is 16.6. The van der Waals surface area contributed by atoms with Crippen molar-refractivity contribution in [1.29, 1.82) is 0 Å². The molecule has 4 rings (SSSR count). The first kappa shape index (κ1) is 28.3. The highest BCUT2D eigenvalue weighted by molar-refractivity contribution is 5.91. The first-order valence-corrected chi connectivity index (χ1v) is 12.8. The number of methoxy groups -OCH3 is 1. The summed E-state index contributed by atoms with van der Waals surface area (Å²) in [5, 5.41) is 5.56. The second kappa shape index (κ2) is 12.4. The number of para-hydroxylation sites is 1. The van der Waals surface area contributed by atoms with Crippen LogP contribution in [0.3, 0.4) is 0 Å². The molecule has 2 N–H and O–H groups in total. The molecule has 10 nitrogen and oxygen atoms in total. The van der Waals surface area contributed by atoms with Gasteiger partial charge >= 0.3 is 18.1 Å². The van der Waals surface area contributed by atoms with Gasteiger partial charge < -0.3 is 34.5 Å². The van der Waals surface area contributed by atoms with Gasteiger partial charge in [0.05, 0.1) is 25.3 Å².